The van der Waals surface area contributed by atoms with Crippen LogP contribution in [0.25, 0.3) is 10.8 Å². The Bertz CT molecular complexity index is 1330. The predicted molar refractivity (Wildman–Crippen MR) is 153 cm³/mol. The van der Waals surface area contributed by atoms with Crippen LogP contribution in [0.2, 0.25) is 0 Å². The number of anilines is 1. The van der Waals surface area contributed by atoms with Crippen LogP contribution < -0.4 is 10.6 Å². The van der Waals surface area contributed by atoms with E-state index in [1.54, 1.807) is 32.9 Å². The van der Waals surface area contributed by atoms with E-state index in [4.69, 9.17) is 4.74 Å². The van der Waals surface area contributed by atoms with Crippen LogP contribution in [0, 0.1) is 5.92 Å². The summed E-state index contributed by atoms with van der Waals surface area (Å²) in [5.74, 6) is -1.20. The highest BCUT2D eigenvalue weighted by molar-refractivity contribution is 6.00. The van der Waals surface area contributed by atoms with Crippen molar-refractivity contribution in [3.8, 4) is 5.75 Å². The molecule has 0 aliphatic carbocycles. The molecule has 0 aliphatic heterocycles. The molecule has 39 heavy (non-hydrogen) atoms. The number of fused-ring (bicyclic) bond motifs is 1. The maximum absolute atomic E-state index is 14.1. The Balaban J connectivity index is 2.01. The molecule has 3 aromatic carbocycles. The molecular formula is C31H39N3O5. The highest BCUT2D eigenvalue weighted by Crippen LogP contribution is 2.30. The second kappa shape index (κ2) is 12.2. The summed E-state index contributed by atoms with van der Waals surface area (Å²) in [6, 6.07) is 17.2. The average Bonchev–Trinajstić information content (AvgIpc) is 2.83. The van der Waals surface area contributed by atoms with Crippen LogP contribution >= 0.6 is 0 Å². The summed E-state index contributed by atoms with van der Waals surface area (Å²) in [6.07, 6.45) is -0.715. The average molecular weight is 534 g/mol. The Labute approximate surface area is 230 Å². The minimum atomic E-state index is -1.09. The monoisotopic (exact) mass is 533 g/mol. The Morgan fingerprint density at radius 1 is 0.872 bits per heavy atom. The van der Waals surface area contributed by atoms with Gasteiger partial charge in [0.05, 0.1) is 0 Å². The van der Waals surface area contributed by atoms with Crippen molar-refractivity contribution in [1.82, 2.24) is 10.2 Å². The molecule has 8 nitrogen and oxygen atoms in total. The van der Waals surface area contributed by atoms with Gasteiger partial charge in [0, 0.05) is 11.7 Å². The fourth-order valence-corrected chi connectivity index (χ4v) is 4.40. The van der Waals surface area contributed by atoms with Crippen LogP contribution in [0.1, 0.15) is 60.1 Å². The molecule has 208 valence electrons. The molecule has 3 amide bonds. The largest absolute Gasteiger partial charge is 0.508 e. The number of carbonyl (C=O) groups is 3. The number of nitrogens with one attached hydrogen (secondary N) is 2. The Morgan fingerprint density at radius 3 is 2.13 bits per heavy atom. The maximum Gasteiger partial charge on any atom is 0.408 e. The van der Waals surface area contributed by atoms with Crippen LogP contribution in [-0.4, -0.2) is 45.6 Å². The van der Waals surface area contributed by atoms with Crippen LogP contribution in [0.4, 0.5) is 10.5 Å². The van der Waals surface area contributed by atoms with Gasteiger partial charge in [-0.2, -0.15) is 0 Å². The number of nitrogens with zero attached hydrogens (tertiary/aromatic N) is 1. The number of phenols is 1. The summed E-state index contributed by atoms with van der Waals surface area (Å²) >= 11 is 0. The van der Waals surface area contributed by atoms with Gasteiger partial charge in [-0.3, -0.25) is 9.59 Å². The van der Waals surface area contributed by atoms with Gasteiger partial charge < -0.3 is 25.4 Å². The molecule has 3 rings (SSSR count). The standard InChI is InChI=1S/C31H39N3O5/c1-19(2)26(33-30(38)39-31(5,6)7)29(37)34(20(3)4)27(23-13-10-14-25(35)18-23)28(36)32-24-16-15-21-11-8-9-12-22(21)17-24/h8-20,26-27,35H,1-7H3,(H,32,36)(H,33,38). The van der Waals surface area contributed by atoms with Gasteiger partial charge in [0.25, 0.3) is 5.91 Å². The van der Waals surface area contributed by atoms with Gasteiger partial charge in [-0.25, -0.2) is 4.79 Å². The first-order valence-corrected chi connectivity index (χ1v) is 13.2. The molecule has 0 spiro atoms. The predicted octanol–water partition coefficient (Wildman–Crippen LogP) is 6.01. The molecule has 0 saturated carbocycles. The Morgan fingerprint density at radius 2 is 1.54 bits per heavy atom. The SMILES string of the molecule is CC(C)C(NC(=O)OC(C)(C)C)C(=O)N(C(C)C)C(C(=O)Nc1ccc2ccccc2c1)c1cccc(O)c1. The third kappa shape index (κ3) is 7.72. The fourth-order valence-electron chi connectivity index (χ4n) is 4.40. The molecular weight excluding hydrogens is 494 g/mol. The molecule has 2 atom stereocenters. The minimum absolute atomic E-state index is 0.0283. The minimum Gasteiger partial charge on any atom is -0.508 e. The number of ether oxygens (including phenoxy) is 1. The normalized spacial score (nSPS) is 13.2. The quantitative estimate of drug-likeness (QED) is 0.329. The van der Waals surface area contributed by atoms with Crippen molar-refractivity contribution in [1.29, 1.82) is 0 Å². The molecule has 0 aromatic heterocycles. The lowest BCUT2D eigenvalue weighted by Crippen LogP contribution is -2.56. The molecule has 0 bridgehead atoms. The lowest BCUT2D eigenvalue weighted by molar-refractivity contribution is -0.143. The van der Waals surface area contributed by atoms with Gasteiger partial charge in [-0.15, -0.1) is 0 Å². The zero-order valence-electron chi connectivity index (χ0n) is 23.7. The van der Waals surface area contributed by atoms with E-state index >= 15 is 0 Å². The van der Waals surface area contributed by atoms with E-state index in [1.807, 2.05) is 70.2 Å². The molecule has 0 radical (unpaired) electrons. The summed E-state index contributed by atoms with van der Waals surface area (Å²) in [5, 5.41) is 17.9. The first kappa shape index (κ1) is 29.5. The molecule has 3 aromatic rings. The zero-order valence-corrected chi connectivity index (χ0v) is 23.7. The number of benzene rings is 3. The fraction of sp³-hybridized carbons (Fsp3) is 0.387. The van der Waals surface area contributed by atoms with Gasteiger partial charge in [0.2, 0.25) is 5.91 Å². The maximum atomic E-state index is 14.1. The number of alkyl carbamates (subject to hydrolysis) is 1. The Kier molecular flexibility index (Phi) is 9.22. The van der Waals surface area contributed by atoms with Crippen LogP contribution in [0.15, 0.2) is 66.7 Å². The highest BCUT2D eigenvalue weighted by Gasteiger charge is 2.39. The van der Waals surface area contributed by atoms with Crippen LogP contribution in [0.3, 0.4) is 0 Å². The van der Waals surface area contributed by atoms with E-state index in [0.29, 0.717) is 11.3 Å². The molecule has 2 unspecified atom stereocenters. The third-order valence-corrected chi connectivity index (χ3v) is 6.15. The van der Waals surface area contributed by atoms with Gasteiger partial charge in [0.15, 0.2) is 0 Å². The van der Waals surface area contributed by atoms with Crippen LogP contribution in [-0.2, 0) is 14.3 Å². The number of rotatable bonds is 8. The van der Waals surface area contributed by atoms with Gasteiger partial charge in [-0.05, 0) is 81.1 Å². The number of phenolic OH excluding ortho intramolecular Hbond substituents is 1. The number of carbonyl (C=O) groups excluding carboxylic acids is 3. The first-order valence-electron chi connectivity index (χ1n) is 13.2. The van der Waals surface area contributed by atoms with Crippen LogP contribution in [0.5, 0.6) is 5.75 Å². The zero-order chi connectivity index (χ0) is 28.9. The van der Waals surface area contributed by atoms with Crippen molar-refractivity contribution in [3.63, 3.8) is 0 Å². The number of hydrogen-bond donors (Lipinski definition) is 3. The van der Waals surface area contributed by atoms with Gasteiger partial charge in [-0.1, -0.05) is 56.3 Å². The van der Waals surface area contributed by atoms with E-state index in [0.717, 1.165) is 10.8 Å². The first-order chi connectivity index (χ1) is 18.3. The van der Waals surface area contributed by atoms with Gasteiger partial charge in [0.1, 0.15) is 23.4 Å². The van der Waals surface area contributed by atoms with Crippen molar-refractivity contribution >= 4 is 34.4 Å². The summed E-state index contributed by atoms with van der Waals surface area (Å²) < 4.78 is 5.40. The third-order valence-electron chi connectivity index (χ3n) is 6.15. The second-order valence-electron chi connectivity index (χ2n) is 11.3. The van der Waals surface area contributed by atoms with E-state index in [9.17, 15) is 19.5 Å². The van der Waals surface area contributed by atoms with Gasteiger partial charge >= 0.3 is 6.09 Å². The molecule has 0 fully saturated rings. The number of aromatic hydroxyl groups is 1. The summed E-state index contributed by atoms with van der Waals surface area (Å²) in [4.78, 5) is 42.1. The molecule has 0 heterocycles. The summed E-state index contributed by atoms with van der Waals surface area (Å²) in [7, 11) is 0. The number of hydrogen-bond acceptors (Lipinski definition) is 5. The molecule has 0 saturated heterocycles. The van der Waals surface area contributed by atoms with E-state index in [1.165, 1.54) is 17.0 Å². The van der Waals surface area contributed by atoms with E-state index in [-0.39, 0.29) is 11.7 Å². The lowest BCUT2D eigenvalue weighted by atomic mass is 9.97. The summed E-state index contributed by atoms with van der Waals surface area (Å²) in [6.45, 7) is 12.5. The molecule has 3 N–H and O–H groups in total. The number of amides is 3. The van der Waals surface area contributed by atoms with E-state index in [2.05, 4.69) is 10.6 Å². The van der Waals surface area contributed by atoms with Crippen molar-refractivity contribution < 1.29 is 24.2 Å². The summed E-state index contributed by atoms with van der Waals surface area (Å²) in [5.41, 5.74) is 0.276. The van der Waals surface area contributed by atoms with E-state index < -0.39 is 41.6 Å². The molecule has 0 aliphatic rings. The highest BCUT2D eigenvalue weighted by atomic mass is 16.6. The Hall–Kier alpha value is -4.07. The van der Waals surface area contributed by atoms with Crippen molar-refractivity contribution in [3.05, 3.63) is 72.3 Å². The van der Waals surface area contributed by atoms with Crippen molar-refractivity contribution in [2.45, 2.75) is 72.2 Å². The molecule has 8 heteroatoms. The topological polar surface area (TPSA) is 108 Å². The smallest absolute Gasteiger partial charge is 0.408 e. The second-order valence-corrected chi connectivity index (χ2v) is 11.3. The van der Waals surface area contributed by atoms with Crippen molar-refractivity contribution in [2.24, 2.45) is 5.92 Å². The van der Waals surface area contributed by atoms with Crippen molar-refractivity contribution in [2.75, 3.05) is 5.32 Å². The lowest BCUT2D eigenvalue weighted by Gasteiger charge is -2.38.